The number of hydrogen-bond acceptors (Lipinski definition) is 5. The molecule has 0 amide bonds. The van der Waals surface area contributed by atoms with E-state index in [1.165, 1.54) is 17.4 Å². The molecule has 4 nitrogen and oxygen atoms in total. The van der Waals surface area contributed by atoms with Crippen LogP contribution in [0.25, 0.3) is 11.6 Å². The Bertz CT molecular complexity index is 989. The van der Waals surface area contributed by atoms with E-state index < -0.39 is 18.1 Å². The van der Waals surface area contributed by atoms with Gasteiger partial charge in [-0.25, -0.2) is 0 Å². The van der Waals surface area contributed by atoms with Crippen molar-refractivity contribution in [3.8, 4) is 5.75 Å². The zero-order valence-electron chi connectivity index (χ0n) is 16.4. The lowest BCUT2D eigenvalue weighted by atomic mass is 9.90. The smallest absolute Gasteiger partial charge is 0.117 e. The lowest BCUT2D eigenvalue weighted by molar-refractivity contribution is 0.0343. The first-order valence-corrected chi connectivity index (χ1v) is 10.9. The first kappa shape index (κ1) is 22.2. The van der Waals surface area contributed by atoms with Gasteiger partial charge in [-0.05, 0) is 71.8 Å². The van der Waals surface area contributed by atoms with Crippen molar-refractivity contribution in [3.05, 3.63) is 93.9 Å². The SMILES string of the molecule is C=C[C@H]([C@H](O)CC/C(=C/c1ccc(O)cc1Cl)c1ccccn1)[C@H](O)c1cccs1. The van der Waals surface area contributed by atoms with Crippen molar-refractivity contribution in [2.75, 3.05) is 0 Å². The molecule has 3 rings (SSSR count). The zero-order valence-corrected chi connectivity index (χ0v) is 17.9. The monoisotopic (exact) mass is 441 g/mol. The third-order valence-corrected chi connectivity index (χ3v) is 6.20. The highest BCUT2D eigenvalue weighted by Crippen LogP contribution is 2.33. The van der Waals surface area contributed by atoms with Gasteiger partial charge >= 0.3 is 0 Å². The van der Waals surface area contributed by atoms with Gasteiger partial charge in [0.1, 0.15) is 5.75 Å². The van der Waals surface area contributed by atoms with Crippen LogP contribution in [0.5, 0.6) is 5.75 Å². The second kappa shape index (κ2) is 10.5. The number of hydrogen-bond donors (Lipinski definition) is 3. The summed E-state index contributed by atoms with van der Waals surface area (Å²) in [5.41, 5.74) is 2.43. The zero-order chi connectivity index (χ0) is 21.5. The number of aromatic nitrogens is 1. The topological polar surface area (TPSA) is 73.6 Å². The number of rotatable bonds is 9. The van der Waals surface area contributed by atoms with Crippen molar-refractivity contribution in [1.29, 1.82) is 0 Å². The Balaban J connectivity index is 1.81. The lowest BCUT2D eigenvalue weighted by Gasteiger charge is -2.24. The fourth-order valence-electron chi connectivity index (χ4n) is 3.29. The highest BCUT2D eigenvalue weighted by molar-refractivity contribution is 7.10. The van der Waals surface area contributed by atoms with Crippen molar-refractivity contribution in [2.24, 2.45) is 5.92 Å². The highest BCUT2D eigenvalue weighted by Gasteiger charge is 2.26. The Hall–Kier alpha value is -2.44. The van der Waals surface area contributed by atoms with Gasteiger partial charge in [0.05, 0.1) is 22.9 Å². The predicted molar refractivity (Wildman–Crippen MR) is 123 cm³/mol. The van der Waals surface area contributed by atoms with E-state index in [2.05, 4.69) is 11.6 Å². The van der Waals surface area contributed by atoms with Crippen molar-refractivity contribution in [2.45, 2.75) is 25.0 Å². The van der Waals surface area contributed by atoms with E-state index >= 15 is 0 Å². The van der Waals surface area contributed by atoms with Crippen LogP contribution in [0, 0.1) is 5.92 Å². The summed E-state index contributed by atoms with van der Waals surface area (Å²) in [6.07, 6.45) is 4.60. The lowest BCUT2D eigenvalue weighted by Crippen LogP contribution is -2.24. The Morgan fingerprint density at radius 1 is 1.17 bits per heavy atom. The number of phenols is 1. The maximum atomic E-state index is 10.8. The molecule has 156 valence electrons. The molecule has 2 aromatic heterocycles. The molecule has 6 heteroatoms. The number of benzene rings is 1. The van der Waals surface area contributed by atoms with E-state index in [9.17, 15) is 15.3 Å². The Kier molecular flexibility index (Phi) is 7.82. The van der Waals surface area contributed by atoms with Crippen LogP contribution in [0.1, 0.15) is 35.1 Å². The minimum atomic E-state index is -0.800. The Labute approximate surface area is 185 Å². The normalized spacial score (nSPS) is 14.8. The maximum absolute atomic E-state index is 10.8. The van der Waals surface area contributed by atoms with Gasteiger partial charge in [-0.1, -0.05) is 29.8 Å². The number of nitrogens with zero attached hydrogens (tertiary/aromatic N) is 1. The molecule has 0 spiro atoms. The summed E-state index contributed by atoms with van der Waals surface area (Å²) < 4.78 is 0. The molecule has 3 aromatic rings. The molecule has 0 bridgehead atoms. The Morgan fingerprint density at radius 2 is 2.00 bits per heavy atom. The number of aromatic hydroxyl groups is 1. The molecule has 0 unspecified atom stereocenters. The molecule has 0 saturated carbocycles. The first-order valence-electron chi connectivity index (χ1n) is 9.62. The quantitative estimate of drug-likeness (QED) is 0.371. The fraction of sp³-hybridized carbons (Fsp3) is 0.208. The summed E-state index contributed by atoms with van der Waals surface area (Å²) in [7, 11) is 0. The molecule has 1 aromatic carbocycles. The van der Waals surface area contributed by atoms with Crippen LogP contribution >= 0.6 is 22.9 Å². The van der Waals surface area contributed by atoms with Gasteiger partial charge in [0.15, 0.2) is 0 Å². The van der Waals surface area contributed by atoms with Crippen molar-refractivity contribution in [1.82, 2.24) is 4.98 Å². The molecule has 0 saturated heterocycles. The van der Waals surface area contributed by atoms with Crippen molar-refractivity contribution in [3.63, 3.8) is 0 Å². The molecule has 0 aliphatic carbocycles. The molecular formula is C24H24ClNO3S. The maximum Gasteiger partial charge on any atom is 0.117 e. The third-order valence-electron chi connectivity index (χ3n) is 4.93. The van der Waals surface area contributed by atoms with E-state index in [-0.39, 0.29) is 5.75 Å². The number of allylic oxidation sites excluding steroid dienone is 1. The molecule has 2 heterocycles. The summed E-state index contributed by atoms with van der Waals surface area (Å²) in [5.74, 6) is -0.380. The highest BCUT2D eigenvalue weighted by atomic mass is 35.5. The molecule has 0 fully saturated rings. The van der Waals surface area contributed by atoms with Gasteiger partial charge < -0.3 is 15.3 Å². The van der Waals surface area contributed by atoms with Crippen LogP contribution in [0.3, 0.4) is 0 Å². The summed E-state index contributed by atoms with van der Waals surface area (Å²) in [5, 5.41) is 33.4. The van der Waals surface area contributed by atoms with Gasteiger partial charge in [-0.2, -0.15) is 0 Å². The largest absolute Gasteiger partial charge is 0.508 e. The number of halogens is 1. The number of thiophene rings is 1. The van der Waals surface area contributed by atoms with E-state index in [1.807, 2.05) is 41.8 Å². The van der Waals surface area contributed by atoms with E-state index in [4.69, 9.17) is 11.6 Å². The van der Waals surface area contributed by atoms with Crippen molar-refractivity contribution >= 4 is 34.6 Å². The summed E-state index contributed by atoms with van der Waals surface area (Å²) in [6, 6.07) is 14.2. The molecular weight excluding hydrogens is 418 g/mol. The summed E-state index contributed by atoms with van der Waals surface area (Å²) >= 11 is 7.73. The van der Waals surface area contributed by atoms with Crippen LogP contribution in [-0.2, 0) is 0 Å². The average Bonchev–Trinajstić information content (AvgIpc) is 3.28. The van der Waals surface area contributed by atoms with Gasteiger partial charge in [-0.15, -0.1) is 17.9 Å². The number of pyridine rings is 1. The van der Waals surface area contributed by atoms with Gasteiger partial charge in [0, 0.05) is 17.0 Å². The second-order valence-electron chi connectivity index (χ2n) is 6.97. The van der Waals surface area contributed by atoms with Gasteiger partial charge in [0.25, 0.3) is 0 Å². The van der Waals surface area contributed by atoms with Crippen molar-refractivity contribution < 1.29 is 15.3 Å². The minimum absolute atomic E-state index is 0.100. The molecule has 3 N–H and O–H groups in total. The van der Waals surface area contributed by atoms with Gasteiger partial charge in [-0.3, -0.25) is 4.98 Å². The van der Waals surface area contributed by atoms with Crippen LogP contribution in [-0.4, -0.2) is 26.4 Å². The molecule has 0 aliphatic rings. The molecule has 3 atom stereocenters. The predicted octanol–water partition coefficient (Wildman–Crippen LogP) is 5.72. The van der Waals surface area contributed by atoms with E-state index in [0.29, 0.717) is 17.9 Å². The average molecular weight is 442 g/mol. The fourth-order valence-corrected chi connectivity index (χ4v) is 4.29. The van der Waals surface area contributed by atoms with Crippen LogP contribution in [0.2, 0.25) is 5.02 Å². The van der Waals surface area contributed by atoms with E-state index in [0.717, 1.165) is 21.7 Å². The minimum Gasteiger partial charge on any atom is -0.508 e. The molecule has 30 heavy (non-hydrogen) atoms. The van der Waals surface area contributed by atoms with Crippen LogP contribution in [0.15, 0.2) is 72.8 Å². The third kappa shape index (κ3) is 5.58. The van der Waals surface area contributed by atoms with Crippen LogP contribution < -0.4 is 0 Å². The summed E-state index contributed by atoms with van der Waals surface area (Å²) in [4.78, 5) is 5.23. The molecule has 0 aliphatic heterocycles. The number of aliphatic hydroxyl groups excluding tert-OH is 2. The standard InChI is InChI=1S/C24H24ClNO3S/c1-2-19(24(29)23-7-5-13-30-23)22(28)11-9-17(21-6-3-4-12-26-21)14-16-8-10-18(27)15-20(16)25/h2-8,10,12-15,19,22,24,27-29H,1,9,11H2/b17-14-/t19-,22-,24+/m1/s1. The number of aliphatic hydroxyl groups is 2. The second-order valence-corrected chi connectivity index (χ2v) is 8.36. The Morgan fingerprint density at radius 3 is 2.63 bits per heavy atom. The van der Waals surface area contributed by atoms with Gasteiger partial charge in [0.2, 0.25) is 0 Å². The molecule has 0 radical (unpaired) electrons. The van der Waals surface area contributed by atoms with E-state index in [1.54, 1.807) is 24.4 Å². The summed E-state index contributed by atoms with van der Waals surface area (Å²) in [6.45, 7) is 3.80. The first-order chi connectivity index (χ1) is 14.5. The number of phenolic OH excluding ortho intramolecular Hbond substituents is 1. The van der Waals surface area contributed by atoms with Crippen LogP contribution in [0.4, 0.5) is 0 Å².